The molecule has 0 aliphatic carbocycles. The van der Waals surface area contributed by atoms with Crippen LogP contribution in [-0.4, -0.2) is 61.0 Å². The van der Waals surface area contributed by atoms with Gasteiger partial charge in [-0.15, -0.1) is 0 Å². The highest BCUT2D eigenvalue weighted by Crippen LogP contribution is 2.24. The largest absolute Gasteiger partial charge is 0.368 e. The fraction of sp³-hybridized carbons (Fsp3) is 0.381. The van der Waals surface area contributed by atoms with Crippen LogP contribution in [0.15, 0.2) is 42.7 Å². The van der Waals surface area contributed by atoms with E-state index in [4.69, 9.17) is 0 Å². The smallest absolute Gasteiger partial charge is 0.238 e. The van der Waals surface area contributed by atoms with Gasteiger partial charge in [-0.2, -0.15) is 0 Å². The SMILES string of the molecule is O=C(CN1CCN(c2cncc(F)c2)CC1)Nc1cccc(N2CCCC2=O)c1. The summed E-state index contributed by atoms with van der Waals surface area (Å²) in [4.78, 5) is 34.2. The van der Waals surface area contributed by atoms with Gasteiger partial charge in [-0.1, -0.05) is 6.07 Å². The minimum Gasteiger partial charge on any atom is -0.368 e. The fourth-order valence-corrected chi connectivity index (χ4v) is 3.81. The molecule has 2 saturated heterocycles. The van der Waals surface area contributed by atoms with Crippen LogP contribution in [0.1, 0.15) is 12.8 Å². The summed E-state index contributed by atoms with van der Waals surface area (Å²) in [7, 11) is 0. The molecule has 0 bridgehead atoms. The second kappa shape index (κ2) is 8.57. The third-order valence-electron chi connectivity index (χ3n) is 5.31. The summed E-state index contributed by atoms with van der Waals surface area (Å²) in [6, 6.07) is 8.89. The Kier molecular flexibility index (Phi) is 5.71. The molecule has 0 spiro atoms. The monoisotopic (exact) mass is 397 g/mol. The number of pyridine rings is 1. The highest BCUT2D eigenvalue weighted by molar-refractivity contribution is 5.97. The van der Waals surface area contributed by atoms with Gasteiger partial charge in [-0.25, -0.2) is 4.39 Å². The van der Waals surface area contributed by atoms with Gasteiger partial charge in [0.15, 0.2) is 0 Å². The molecule has 2 aromatic rings. The van der Waals surface area contributed by atoms with E-state index >= 15 is 0 Å². The Balaban J connectivity index is 1.29. The van der Waals surface area contributed by atoms with Crippen LogP contribution in [0.25, 0.3) is 0 Å². The van der Waals surface area contributed by atoms with E-state index < -0.39 is 0 Å². The average Bonchev–Trinajstić information content (AvgIpc) is 3.14. The molecule has 0 radical (unpaired) electrons. The van der Waals surface area contributed by atoms with E-state index in [0.29, 0.717) is 44.8 Å². The van der Waals surface area contributed by atoms with Crippen LogP contribution in [0.5, 0.6) is 0 Å². The van der Waals surface area contributed by atoms with Crippen LogP contribution in [0.3, 0.4) is 0 Å². The van der Waals surface area contributed by atoms with E-state index in [0.717, 1.165) is 24.3 Å². The van der Waals surface area contributed by atoms with Gasteiger partial charge in [0.05, 0.1) is 24.6 Å². The number of piperazine rings is 1. The van der Waals surface area contributed by atoms with Crippen molar-refractivity contribution in [2.75, 3.05) is 54.4 Å². The van der Waals surface area contributed by atoms with Crippen molar-refractivity contribution in [2.45, 2.75) is 12.8 Å². The van der Waals surface area contributed by atoms with Crippen LogP contribution in [0.2, 0.25) is 0 Å². The van der Waals surface area contributed by atoms with Gasteiger partial charge in [0.1, 0.15) is 5.82 Å². The Morgan fingerprint density at radius 2 is 1.90 bits per heavy atom. The second-order valence-corrected chi connectivity index (χ2v) is 7.37. The number of amides is 2. The predicted molar refractivity (Wildman–Crippen MR) is 110 cm³/mol. The van der Waals surface area contributed by atoms with Gasteiger partial charge >= 0.3 is 0 Å². The maximum absolute atomic E-state index is 13.4. The third kappa shape index (κ3) is 4.71. The number of nitrogens with one attached hydrogen (secondary N) is 1. The molecule has 2 amide bonds. The quantitative estimate of drug-likeness (QED) is 0.837. The van der Waals surface area contributed by atoms with E-state index in [1.165, 1.54) is 12.3 Å². The zero-order valence-electron chi connectivity index (χ0n) is 16.2. The summed E-state index contributed by atoms with van der Waals surface area (Å²) in [6.07, 6.45) is 4.30. The molecule has 7 nitrogen and oxygen atoms in total. The zero-order chi connectivity index (χ0) is 20.2. The molecule has 0 unspecified atom stereocenters. The number of carbonyl (C=O) groups excluding carboxylic acids is 2. The summed E-state index contributed by atoms with van der Waals surface area (Å²) < 4.78 is 13.4. The normalized spacial score (nSPS) is 17.6. The van der Waals surface area contributed by atoms with Gasteiger partial charge in [0.25, 0.3) is 0 Å². The molecule has 152 valence electrons. The molecule has 29 heavy (non-hydrogen) atoms. The summed E-state index contributed by atoms with van der Waals surface area (Å²) in [5.74, 6) is -0.308. The van der Waals surface area contributed by atoms with Crippen molar-refractivity contribution >= 4 is 28.9 Å². The van der Waals surface area contributed by atoms with Crippen LogP contribution < -0.4 is 15.1 Å². The van der Waals surface area contributed by atoms with Crippen LogP contribution in [0.4, 0.5) is 21.5 Å². The molecule has 0 saturated carbocycles. The first-order valence-electron chi connectivity index (χ1n) is 9.86. The van der Waals surface area contributed by atoms with Crippen molar-refractivity contribution in [3.63, 3.8) is 0 Å². The van der Waals surface area contributed by atoms with Gasteiger partial charge in [0, 0.05) is 56.6 Å². The topological polar surface area (TPSA) is 68.8 Å². The first kappa shape index (κ1) is 19.3. The molecule has 4 rings (SSSR count). The fourth-order valence-electron chi connectivity index (χ4n) is 3.81. The standard InChI is InChI=1S/C21H24FN5O2/c22-16-11-19(14-23-13-16)26-9-7-25(8-10-26)15-20(28)24-17-3-1-4-18(12-17)27-6-2-5-21(27)29/h1,3-4,11-14H,2,5-10,15H2,(H,24,28). The number of hydrogen-bond acceptors (Lipinski definition) is 5. The van der Waals surface area contributed by atoms with Crippen LogP contribution in [0, 0.1) is 5.82 Å². The molecule has 2 aliphatic rings. The Bertz CT molecular complexity index is 898. The van der Waals surface area contributed by atoms with E-state index in [1.54, 1.807) is 11.1 Å². The van der Waals surface area contributed by atoms with Crippen molar-refractivity contribution in [1.82, 2.24) is 9.88 Å². The van der Waals surface area contributed by atoms with Crippen molar-refractivity contribution in [2.24, 2.45) is 0 Å². The lowest BCUT2D eigenvalue weighted by atomic mass is 10.2. The maximum Gasteiger partial charge on any atom is 0.238 e. The molecule has 2 aliphatic heterocycles. The Labute approximate surface area is 169 Å². The number of nitrogens with zero attached hydrogens (tertiary/aromatic N) is 4. The molecule has 8 heteroatoms. The first-order valence-corrected chi connectivity index (χ1v) is 9.86. The van der Waals surface area contributed by atoms with E-state index in [2.05, 4.69) is 20.1 Å². The van der Waals surface area contributed by atoms with Crippen molar-refractivity contribution in [3.8, 4) is 0 Å². The van der Waals surface area contributed by atoms with Gasteiger partial charge < -0.3 is 15.1 Å². The number of rotatable bonds is 5. The molecule has 3 heterocycles. The number of aromatic nitrogens is 1. The Hall–Kier alpha value is -3.00. The Morgan fingerprint density at radius 3 is 2.62 bits per heavy atom. The van der Waals surface area contributed by atoms with Gasteiger partial charge in [0.2, 0.25) is 11.8 Å². The van der Waals surface area contributed by atoms with Gasteiger partial charge in [-0.3, -0.25) is 19.5 Å². The molecule has 2 fully saturated rings. The number of carbonyl (C=O) groups is 2. The summed E-state index contributed by atoms with van der Waals surface area (Å²) in [6.45, 7) is 3.87. The molecule has 1 N–H and O–H groups in total. The summed E-state index contributed by atoms with van der Waals surface area (Å²) in [5, 5.41) is 2.93. The van der Waals surface area contributed by atoms with E-state index in [-0.39, 0.29) is 17.6 Å². The lowest BCUT2D eigenvalue weighted by Gasteiger charge is -2.35. The maximum atomic E-state index is 13.4. The highest BCUT2D eigenvalue weighted by atomic mass is 19.1. The van der Waals surface area contributed by atoms with Gasteiger partial charge in [-0.05, 0) is 24.6 Å². The predicted octanol–water partition coefficient (Wildman–Crippen LogP) is 2.11. The molecular weight excluding hydrogens is 373 g/mol. The second-order valence-electron chi connectivity index (χ2n) is 7.37. The molecule has 1 aromatic heterocycles. The van der Waals surface area contributed by atoms with Crippen molar-refractivity contribution < 1.29 is 14.0 Å². The summed E-state index contributed by atoms with van der Waals surface area (Å²) in [5.41, 5.74) is 2.28. The summed E-state index contributed by atoms with van der Waals surface area (Å²) >= 11 is 0. The lowest BCUT2D eigenvalue weighted by Crippen LogP contribution is -2.48. The highest BCUT2D eigenvalue weighted by Gasteiger charge is 2.22. The Morgan fingerprint density at radius 1 is 1.07 bits per heavy atom. The van der Waals surface area contributed by atoms with Crippen LogP contribution in [-0.2, 0) is 9.59 Å². The minimum atomic E-state index is -0.345. The third-order valence-corrected chi connectivity index (χ3v) is 5.31. The molecule has 1 aromatic carbocycles. The average molecular weight is 397 g/mol. The first-order chi connectivity index (χ1) is 14.1. The van der Waals surface area contributed by atoms with Crippen molar-refractivity contribution in [3.05, 3.63) is 48.5 Å². The minimum absolute atomic E-state index is 0.0872. The van der Waals surface area contributed by atoms with E-state index in [9.17, 15) is 14.0 Å². The number of anilines is 3. The van der Waals surface area contributed by atoms with Crippen LogP contribution >= 0.6 is 0 Å². The number of benzene rings is 1. The van der Waals surface area contributed by atoms with Crippen molar-refractivity contribution in [1.29, 1.82) is 0 Å². The zero-order valence-corrected chi connectivity index (χ0v) is 16.2. The number of halogens is 1. The lowest BCUT2D eigenvalue weighted by molar-refractivity contribution is -0.118. The molecule has 0 atom stereocenters. The molecular formula is C21H24FN5O2. The number of hydrogen-bond donors (Lipinski definition) is 1. The van der Waals surface area contributed by atoms with E-state index in [1.807, 2.05) is 24.3 Å².